The lowest BCUT2D eigenvalue weighted by molar-refractivity contribution is -0.157. The van der Waals surface area contributed by atoms with E-state index in [0.717, 1.165) is 12.1 Å². The molecule has 5 heteroatoms. The van der Waals surface area contributed by atoms with Gasteiger partial charge in [0, 0.05) is 24.9 Å². The van der Waals surface area contributed by atoms with E-state index >= 15 is 0 Å². The molecule has 0 atom stereocenters. The highest BCUT2D eigenvalue weighted by molar-refractivity contribution is 5.83. The van der Waals surface area contributed by atoms with Gasteiger partial charge in [0.15, 0.2) is 0 Å². The van der Waals surface area contributed by atoms with E-state index in [1.807, 2.05) is 13.0 Å². The summed E-state index contributed by atoms with van der Waals surface area (Å²) in [5.41, 5.74) is 0.721. The summed E-state index contributed by atoms with van der Waals surface area (Å²) < 4.78 is 5.03. The number of nitrogens with one attached hydrogen (secondary N) is 2. The first-order chi connectivity index (χ1) is 7.21. The number of carbonyl (C=O) groups is 1. The zero-order valence-corrected chi connectivity index (χ0v) is 8.75. The Hall–Kier alpha value is -1.36. The van der Waals surface area contributed by atoms with E-state index in [9.17, 15) is 4.79 Å². The Morgan fingerprint density at radius 1 is 1.73 bits per heavy atom. The standard InChI is InChI=1S/C10H15N3O2/c1-10(6-15-7-10)9(14)11-4-2-8-3-5-12-13-8/h3,5H,2,4,6-7H2,1H3,(H,11,14)(H,12,13). The molecule has 1 aromatic heterocycles. The van der Waals surface area contributed by atoms with Crippen molar-refractivity contribution in [3.05, 3.63) is 18.0 Å². The van der Waals surface area contributed by atoms with Crippen LogP contribution in [0.1, 0.15) is 12.6 Å². The fourth-order valence-corrected chi connectivity index (χ4v) is 1.49. The van der Waals surface area contributed by atoms with E-state index in [1.165, 1.54) is 0 Å². The summed E-state index contributed by atoms with van der Waals surface area (Å²) in [5, 5.41) is 9.59. The van der Waals surface area contributed by atoms with Gasteiger partial charge in [-0.15, -0.1) is 0 Å². The average molecular weight is 209 g/mol. The second-order valence-electron chi connectivity index (χ2n) is 4.14. The third-order valence-electron chi connectivity index (χ3n) is 2.63. The van der Waals surface area contributed by atoms with Gasteiger partial charge in [-0.25, -0.2) is 0 Å². The maximum absolute atomic E-state index is 11.7. The molecule has 0 aliphatic carbocycles. The van der Waals surface area contributed by atoms with Crippen LogP contribution in [0.4, 0.5) is 0 Å². The first-order valence-corrected chi connectivity index (χ1v) is 5.05. The molecule has 1 aromatic rings. The summed E-state index contributed by atoms with van der Waals surface area (Å²) >= 11 is 0. The molecule has 2 heterocycles. The molecule has 82 valence electrons. The molecule has 1 fully saturated rings. The van der Waals surface area contributed by atoms with Gasteiger partial charge in [-0.2, -0.15) is 5.10 Å². The molecule has 1 saturated heterocycles. The summed E-state index contributed by atoms with van der Waals surface area (Å²) in [6, 6.07) is 1.90. The molecule has 1 amide bonds. The van der Waals surface area contributed by atoms with Crippen LogP contribution in [0.5, 0.6) is 0 Å². The van der Waals surface area contributed by atoms with Crippen LogP contribution in [-0.2, 0) is 16.0 Å². The van der Waals surface area contributed by atoms with Crippen LogP contribution in [0.15, 0.2) is 12.3 Å². The molecule has 5 nitrogen and oxygen atoms in total. The van der Waals surface area contributed by atoms with Crippen molar-refractivity contribution in [2.45, 2.75) is 13.3 Å². The molecule has 2 N–H and O–H groups in total. The van der Waals surface area contributed by atoms with Crippen molar-refractivity contribution in [1.82, 2.24) is 15.5 Å². The molecule has 1 aliphatic heterocycles. The van der Waals surface area contributed by atoms with Gasteiger partial charge < -0.3 is 10.1 Å². The van der Waals surface area contributed by atoms with Crippen LogP contribution in [0.3, 0.4) is 0 Å². The highest BCUT2D eigenvalue weighted by Gasteiger charge is 2.40. The van der Waals surface area contributed by atoms with Gasteiger partial charge in [0.1, 0.15) is 0 Å². The molecular weight excluding hydrogens is 194 g/mol. The Morgan fingerprint density at radius 2 is 2.53 bits per heavy atom. The molecular formula is C10H15N3O2. The summed E-state index contributed by atoms with van der Waals surface area (Å²) in [6.07, 6.45) is 2.49. The van der Waals surface area contributed by atoms with E-state index < -0.39 is 0 Å². The van der Waals surface area contributed by atoms with Crippen LogP contribution in [0.25, 0.3) is 0 Å². The molecule has 0 unspecified atom stereocenters. The molecule has 15 heavy (non-hydrogen) atoms. The number of hydrogen-bond acceptors (Lipinski definition) is 3. The summed E-state index contributed by atoms with van der Waals surface area (Å²) in [7, 11) is 0. The van der Waals surface area contributed by atoms with E-state index in [-0.39, 0.29) is 11.3 Å². The lowest BCUT2D eigenvalue weighted by atomic mass is 9.87. The number of carbonyl (C=O) groups excluding carboxylic acids is 1. The van der Waals surface area contributed by atoms with Crippen LogP contribution in [-0.4, -0.2) is 35.9 Å². The maximum Gasteiger partial charge on any atom is 0.230 e. The topological polar surface area (TPSA) is 67.0 Å². The van der Waals surface area contributed by atoms with Crippen molar-refractivity contribution < 1.29 is 9.53 Å². The Kier molecular flexibility index (Phi) is 2.73. The fourth-order valence-electron chi connectivity index (χ4n) is 1.49. The molecule has 1 aliphatic rings. The van der Waals surface area contributed by atoms with E-state index in [2.05, 4.69) is 15.5 Å². The third kappa shape index (κ3) is 2.18. The summed E-state index contributed by atoms with van der Waals surface area (Å²) in [6.45, 7) is 3.62. The van der Waals surface area contributed by atoms with E-state index in [1.54, 1.807) is 6.20 Å². The molecule has 0 radical (unpaired) electrons. The van der Waals surface area contributed by atoms with Gasteiger partial charge >= 0.3 is 0 Å². The fraction of sp³-hybridized carbons (Fsp3) is 0.600. The largest absolute Gasteiger partial charge is 0.379 e. The Morgan fingerprint density at radius 3 is 3.07 bits per heavy atom. The third-order valence-corrected chi connectivity index (χ3v) is 2.63. The van der Waals surface area contributed by atoms with Gasteiger partial charge in [-0.3, -0.25) is 9.89 Å². The highest BCUT2D eigenvalue weighted by atomic mass is 16.5. The van der Waals surface area contributed by atoms with Gasteiger partial charge in [0.05, 0.1) is 18.6 Å². The minimum Gasteiger partial charge on any atom is -0.379 e. The lowest BCUT2D eigenvalue weighted by Crippen LogP contribution is -2.52. The Bertz CT molecular complexity index is 330. The zero-order valence-electron chi connectivity index (χ0n) is 8.75. The van der Waals surface area contributed by atoms with Crippen molar-refractivity contribution in [3.8, 4) is 0 Å². The second kappa shape index (κ2) is 4.02. The number of aromatic amines is 1. The van der Waals surface area contributed by atoms with Crippen molar-refractivity contribution in [2.75, 3.05) is 19.8 Å². The minimum atomic E-state index is -0.312. The second-order valence-corrected chi connectivity index (χ2v) is 4.14. The minimum absolute atomic E-state index is 0.0771. The van der Waals surface area contributed by atoms with Crippen LogP contribution in [0, 0.1) is 5.41 Å². The SMILES string of the molecule is CC1(C(=O)NCCc2ccn[nH]2)COC1. The van der Waals surface area contributed by atoms with Crippen molar-refractivity contribution >= 4 is 5.91 Å². The summed E-state index contributed by atoms with van der Waals surface area (Å²) in [4.78, 5) is 11.7. The van der Waals surface area contributed by atoms with Crippen LogP contribution < -0.4 is 5.32 Å². The van der Waals surface area contributed by atoms with Crippen molar-refractivity contribution in [3.63, 3.8) is 0 Å². The normalized spacial score (nSPS) is 18.2. The number of H-pyrrole nitrogens is 1. The van der Waals surface area contributed by atoms with Crippen molar-refractivity contribution in [1.29, 1.82) is 0 Å². The lowest BCUT2D eigenvalue weighted by Gasteiger charge is -2.36. The molecule has 0 spiro atoms. The monoisotopic (exact) mass is 209 g/mol. The number of aromatic nitrogens is 2. The Balaban J connectivity index is 1.72. The van der Waals surface area contributed by atoms with Crippen molar-refractivity contribution in [2.24, 2.45) is 5.41 Å². The molecule has 0 aromatic carbocycles. The predicted molar refractivity (Wildman–Crippen MR) is 54.2 cm³/mol. The quantitative estimate of drug-likeness (QED) is 0.739. The summed E-state index contributed by atoms with van der Waals surface area (Å²) in [5.74, 6) is 0.0771. The zero-order chi connectivity index (χ0) is 10.7. The van der Waals surface area contributed by atoms with E-state index in [0.29, 0.717) is 19.8 Å². The highest BCUT2D eigenvalue weighted by Crippen LogP contribution is 2.26. The van der Waals surface area contributed by atoms with Gasteiger partial charge in [0.2, 0.25) is 5.91 Å². The Labute approximate surface area is 88.2 Å². The van der Waals surface area contributed by atoms with Gasteiger partial charge in [-0.05, 0) is 13.0 Å². The van der Waals surface area contributed by atoms with Crippen LogP contribution >= 0.6 is 0 Å². The number of hydrogen-bond donors (Lipinski definition) is 2. The maximum atomic E-state index is 11.7. The first-order valence-electron chi connectivity index (χ1n) is 5.05. The number of amides is 1. The molecule has 0 bridgehead atoms. The van der Waals surface area contributed by atoms with Crippen LogP contribution in [0.2, 0.25) is 0 Å². The number of rotatable bonds is 4. The smallest absolute Gasteiger partial charge is 0.230 e. The number of nitrogens with zero attached hydrogens (tertiary/aromatic N) is 1. The average Bonchev–Trinajstić information content (AvgIpc) is 2.66. The number of ether oxygens (including phenoxy) is 1. The molecule has 2 rings (SSSR count). The van der Waals surface area contributed by atoms with Gasteiger partial charge in [-0.1, -0.05) is 0 Å². The first kappa shape index (κ1) is 10.2. The van der Waals surface area contributed by atoms with Gasteiger partial charge in [0.25, 0.3) is 0 Å². The van der Waals surface area contributed by atoms with E-state index in [4.69, 9.17) is 4.74 Å². The molecule has 0 saturated carbocycles. The predicted octanol–water partition coefficient (Wildman–Crippen LogP) is 0.105.